The molecule has 20 heavy (non-hydrogen) atoms. The molecule has 2 rings (SSSR count). The number of anilines is 1. The number of hydrogen-bond acceptors (Lipinski definition) is 3. The zero-order valence-electron chi connectivity index (χ0n) is 12.3. The fourth-order valence-electron chi connectivity index (χ4n) is 2.54. The van der Waals surface area contributed by atoms with Crippen LogP contribution >= 0.6 is 0 Å². The summed E-state index contributed by atoms with van der Waals surface area (Å²) < 4.78 is 5.68. The first-order chi connectivity index (χ1) is 9.72. The molecule has 0 bridgehead atoms. The highest BCUT2D eigenvalue weighted by atomic mass is 16.5. The molecular formula is C16H24N2O2. The Hall–Kier alpha value is -1.55. The molecule has 0 aliphatic carbocycles. The summed E-state index contributed by atoms with van der Waals surface area (Å²) >= 11 is 0. The smallest absolute Gasteiger partial charge is 0.251 e. The lowest BCUT2D eigenvalue weighted by molar-refractivity contribution is 0.00925. The molecule has 4 nitrogen and oxygen atoms in total. The molecular weight excluding hydrogens is 252 g/mol. The van der Waals surface area contributed by atoms with Crippen LogP contribution < -0.4 is 10.6 Å². The Morgan fingerprint density at radius 3 is 3.00 bits per heavy atom. The molecule has 0 aromatic heterocycles. The van der Waals surface area contributed by atoms with Gasteiger partial charge in [-0.3, -0.25) is 4.79 Å². The van der Waals surface area contributed by atoms with Gasteiger partial charge in [-0.25, -0.2) is 0 Å². The SMILES string of the molecule is CCNC(=O)c1cccc(NC2CCOC(CC)C2)c1. The van der Waals surface area contributed by atoms with Crippen molar-refractivity contribution in [3.63, 3.8) is 0 Å². The maximum absolute atomic E-state index is 11.8. The first-order valence-electron chi connectivity index (χ1n) is 7.49. The van der Waals surface area contributed by atoms with E-state index in [9.17, 15) is 4.79 Å². The van der Waals surface area contributed by atoms with Crippen LogP contribution in [-0.4, -0.2) is 31.2 Å². The number of amides is 1. The second kappa shape index (κ2) is 7.29. The van der Waals surface area contributed by atoms with Crippen LogP contribution in [-0.2, 0) is 4.74 Å². The first-order valence-corrected chi connectivity index (χ1v) is 7.49. The van der Waals surface area contributed by atoms with E-state index in [4.69, 9.17) is 4.74 Å². The molecule has 1 amide bonds. The molecule has 1 saturated heterocycles. The average molecular weight is 276 g/mol. The molecule has 1 aliphatic heterocycles. The fourth-order valence-corrected chi connectivity index (χ4v) is 2.54. The molecule has 1 heterocycles. The molecule has 0 spiro atoms. The van der Waals surface area contributed by atoms with E-state index in [1.54, 1.807) is 0 Å². The molecule has 2 unspecified atom stereocenters. The molecule has 110 valence electrons. The predicted molar refractivity (Wildman–Crippen MR) is 81.1 cm³/mol. The van der Waals surface area contributed by atoms with Crippen LogP contribution in [0.2, 0.25) is 0 Å². The molecule has 0 radical (unpaired) electrons. The Morgan fingerprint density at radius 1 is 1.40 bits per heavy atom. The highest BCUT2D eigenvalue weighted by Crippen LogP contribution is 2.21. The van der Waals surface area contributed by atoms with Gasteiger partial charge in [0.05, 0.1) is 6.10 Å². The van der Waals surface area contributed by atoms with Crippen molar-refractivity contribution in [2.24, 2.45) is 0 Å². The number of benzene rings is 1. The van der Waals surface area contributed by atoms with E-state index in [0.29, 0.717) is 24.3 Å². The summed E-state index contributed by atoms with van der Waals surface area (Å²) in [7, 11) is 0. The predicted octanol–water partition coefficient (Wildman–Crippen LogP) is 2.81. The van der Waals surface area contributed by atoms with Crippen LogP contribution in [0.3, 0.4) is 0 Å². The topological polar surface area (TPSA) is 50.4 Å². The fraction of sp³-hybridized carbons (Fsp3) is 0.562. The van der Waals surface area contributed by atoms with Gasteiger partial charge in [0.25, 0.3) is 5.91 Å². The minimum absolute atomic E-state index is 0.0189. The number of carbonyl (C=O) groups is 1. The maximum atomic E-state index is 11.8. The van der Waals surface area contributed by atoms with Crippen molar-refractivity contribution in [1.82, 2.24) is 5.32 Å². The van der Waals surface area contributed by atoms with Crippen molar-refractivity contribution in [2.75, 3.05) is 18.5 Å². The number of nitrogens with one attached hydrogen (secondary N) is 2. The lowest BCUT2D eigenvalue weighted by Crippen LogP contribution is -2.33. The van der Waals surface area contributed by atoms with Crippen LogP contribution in [0, 0.1) is 0 Å². The van der Waals surface area contributed by atoms with Gasteiger partial charge in [-0.1, -0.05) is 13.0 Å². The van der Waals surface area contributed by atoms with E-state index in [-0.39, 0.29) is 5.91 Å². The van der Waals surface area contributed by atoms with Crippen molar-refractivity contribution in [1.29, 1.82) is 0 Å². The second-order valence-electron chi connectivity index (χ2n) is 5.21. The minimum Gasteiger partial charge on any atom is -0.382 e. The Labute approximate surface area is 120 Å². The Bertz CT molecular complexity index is 448. The van der Waals surface area contributed by atoms with Crippen molar-refractivity contribution in [2.45, 2.75) is 45.3 Å². The lowest BCUT2D eigenvalue weighted by atomic mass is 10.0. The van der Waals surface area contributed by atoms with Gasteiger partial charge in [-0.05, 0) is 44.4 Å². The molecule has 2 atom stereocenters. The van der Waals surface area contributed by atoms with Crippen molar-refractivity contribution in [3.05, 3.63) is 29.8 Å². The zero-order chi connectivity index (χ0) is 14.4. The Kier molecular flexibility index (Phi) is 5.41. The molecule has 1 fully saturated rings. The standard InChI is InChI=1S/C16H24N2O2/c1-3-15-11-14(8-9-20-15)18-13-7-5-6-12(10-13)16(19)17-4-2/h5-7,10,14-15,18H,3-4,8-9,11H2,1-2H3,(H,17,19). The van der Waals surface area contributed by atoms with Gasteiger partial charge >= 0.3 is 0 Å². The normalized spacial score (nSPS) is 22.3. The van der Waals surface area contributed by atoms with E-state index in [1.807, 2.05) is 31.2 Å². The van der Waals surface area contributed by atoms with E-state index in [0.717, 1.165) is 31.6 Å². The first kappa shape index (κ1) is 14.9. The number of ether oxygens (including phenoxy) is 1. The molecule has 1 aromatic carbocycles. The summed E-state index contributed by atoms with van der Waals surface area (Å²) in [5.41, 5.74) is 1.71. The molecule has 0 saturated carbocycles. The van der Waals surface area contributed by atoms with Crippen LogP contribution in [0.5, 0.6) is 0 Å². The minimum atomic E-state index is -0.0189. The van der Waals surface area contributed by atoms with Crippen molar-refractivity contribution >= 4 is 11.6 Å². The van der Waals surface area contributed by atoms with Gasteiger partial charge in [0, 0.05) is 30.4 Å². The zero-order valence-corrected chi connectivity index (χ0v) is 12.3. The van der Waals surface area contributed by atoms with Crippen LogP contribution in [0.15, 0.2) is 24.3 Å². The third-order valence-corrected chi connectivity index (χ3v) is 3.66. The summed E-state index contributed by atoms with van der Waals surface area (Å²) in [6.07, 6.45) is 3.45. The highest BCUT2D eigenvalue weighted by molar-refractivity contribution is 5.95. The summed E-state index contributed by atoms with van der Waals surface area (Å²) in [4.78, 5) is 11.8. The molecule has 4 heteroatoms. The van der Waals surface area contributed by atoms with Crippen LogP contribution in [0.1, 0.15) is 43.5 Å². The molecule has 2 N–H and O–H groups in total. The number of carbonyl (C=O) groups excluding carboxylic acids is 1. The lowest BCUT2D eigenvalue weighted by Gasteiger charge is -2.30. The van der Waals surface area contributed by atoms with Gasteiger partial charge in [0.15, 0.2) is 0 Å². The number of rotatable bonds is 5. The third-order valence-electron chi connectivity index (χ3n) is 3.66. The van der Waals surface area contributed by atoms with E-state index in [1.165, 1.54) is 0 Å². The average Bonchev–Trinajstić information content (AvgIpc) is 2.48. The van der Waals surface area contributed by atoms with Gasteiger partial charge in [-0.15, -0.1) is 0 Å². The van der Waals surface area contributed by atoms with Gasteiger partial charge in [-0.2, -0.15) is 0 Å². The summed E-state index contributed by atoms with van der Waals surface area (Å²) in [5.74, 6) is -0.0189. The van der Waals surface area contributed by atoms with E-state index < -0.39 is 0 Å². The molecule has 1 aliphatic rings. The van der Waals surface area contributed by atoms with E-state index in [2.05, 4.69) is 17.6 Å². The largest absolute Gasteiger partial charge is 0.382 e. The van der Waals surface area contributed by atoms with Gasteiger partial charge < -0.3 is 15.4 Å². The van der Waals surface area contributed by atoms with Crippen LogP contribution in [0.25, 0.3) is 0 Å². The summed E-state index contributed by atoms with van der Waals surface area (Å²) in [6, 6.07) is 8.12. The number of hydrogen-bond donors (Lipinski definition) is 2. The Balaban J connectivity index is 1.98. The molecule has 1 aromatic rings. The summed E-state index contributed by atoms with van der Waals surface area (Å²) in [6.45, 7) is 5.54. The quantitative estimate of drug-likeness (QED) is 0.869. The summed E-state index contributed by atoms with van der Waals surface area (Å²) in [5, 5.41) is 6.34. The second-order valence-corrected chi connectivity index (χ2v) is 5.21. The van der Waals surface area contributed by atoms with Crippen LogP contribution in [0.4, 0.5) is 5.69 Å². The van der Waals surface area contributed by atoms with Crippen molar-refractivity contribution < 1.29 is 9.53 Å². The van der Waals surface area contributed by atoms with Gasteiger partial charge in [0.1, 0.15) is 0 Å². The van der Waals surface area contributed by atoms with Gasteiger partial charge in [0.2, 0.25) is 0 Å². The Morgan fingerprint density at radius 2 is 2.25 bits per heavy atom. The monoisotopic (exact) mass is 276 g/mol. The van der Waals surface area contributed by atoms with E-state index >= 15 is 0 Å². The van der Waals surface area contributed by atoms with Crippen molar-refractivity contribution in [3.8, 4) is 0 Å². The third kappa shape index (κ3) is 3.97. The maximum Gasteiger partial charge on any atom is 0.251 e. The highest BCUT2D eigenvalue weighted by Gasteiger charge is 2.21.